The van der Waals surface area contributed by atoms with Gasteiger partial charge in [0.15, 0.2) is 5.82 Å². The van der Waals surface area contributed by atoms with Gasteiger partial charge in [-0.3, -0.25) is 4.90 Å². The van der Waals surface area contributed by atoms with Gasteiger partial charge in [0.25, 0.3) is 0 Å². The lowest BCUT2D eigenvalue weighted by Gasteiger charge is -2.40. The van der Waals surface area contributed by atoms with Gasteiger partial charge in [0, 0.05) is 39.3 Å². The first kappa shape index (κ1) is 17.6. The minimum atomic E-state index is 0.244. The SMILES string of the molecule is CC(C)c1ccc(N2C[C@@H](CN3CCOCC3)C[C@H](CO)C2)nn1. The number of nitrogens with zero attached hydrogens (tertiary/aromatic N) is 4. The van der Waals surface area contributed by atoms with Crippen LogP contribution in [-0.4, -0.2) is 72.7 Å². The van der Waals surface area contributed by atoms with E-state index in [1.54, 1.807) is 0 Å². The van der Waals surface area contributed by atoms with E-state index in [9.17, 15) is 5.11 Å². The summed E-state index contributed by atoms with van der Waals surface area (Å²) in [6, 6.07) is 4.15. The summed E-state index contributed by atoms with van der Waals surface area (Å²) in [5.74, 6) is 2.20. The topological polar surface area (TPSA) is 61.7 Å². The van der Waals surface area contributed by atoms with E-state index < -0.39 is 0 Å². The first-order valence-electron chi connectivity index (χ1n) is 9.15. The summed E-state index contributed by atoms with van der Waals surface area (Å²) in [6.07, 6.45) is 1.09. The van der Waals surface area contributed by atoms with Crippen LogP contribution in [0, 0.1) is 11.8 Å². The molecule has 0 aromatic carbocycles. The van der Waals surface area contributed by atoms with Crippen LogP contribution < -0.4 is 4.90 Å². The molecule has 1 N–H and O–H groups in total. The molecule has 0 saturated carbocycles. The molecule has 3 heterocycles. The molecular formula is C18H30N4O2. The zero-order valence-corrected chi connectivity index (χ0v) is 14.9. The number of anilines is 1. The van der Waals surface area contributed by atoms with E-state index in [1.807, 2.05) is 0 Å². The molecule has 0 radical (unpaired) electrons. The van der Waals surface area contributed by atoms with Gasteiger partial charge in [0.1, 0.15) is 0 Å². The lowest BCUT2D eigenvalue weighted by molar-refractivity contribution is 0.0267. The van der Waals surface area contributed by atoms with Crippen molar-refractivity contribution in [3.63, 3.8) is 0 Å². The van der Waals surface area contributed by atoms with Crippen molar-refractivity contribution in [3.05, 3.63) is 17.8 Å². The van der Waals surface area contributed by atoms with Crippen LogP contribution in [0.2, 0.25) is 0 Å². The number of piperidine rings is 1. The Hall–Kier alpha value is -1.24. The molecule has 134 valence electrons. The summed E-state index contributed by atoms with van der Waals surface area (Å²) in [7, 11) is 0. The molecular weight excluding hydrogens is 304 g/mol. The van der Waals surface area contributed by atoms with Gasteiger partial charge >= 0.3 is 0 Å². The average Bonchev–Trinajstić information content (AvgIpc) is 2.62. The van der Waals surface area contributed by atoms with Crippen molar-refractivity contribution in [1.29, 1.82) is 0 Å². The Morgan fingerprint density at radius 3 is 2.54 bits per heavy atom. The maximum absolute atomic E-state index is 9.70. The van der Waals surface area contributed by atoms with Crippen molar-refractivity contribution in [2.75, 3.05) is 57.4 Å². The molecule has 6 heteroatoms. The molecule has 0 unspecified atom stereocenters. The highest BCUT2D eigenvalue weighted by molar-refractivity contribution is 5.38. The fraction of sp³-hybridized carbons (Fsp3) is 0.778. The zero-order valence-electron chi connectivity index (χ0n) is 14.9. The lowest BCUT2D eigenvalue weighted by atomic mass is 9.89. The van der Waals surface area contributed by atoms with E-state index in [2.05, 4.69) is 46.0 Å². The Morgan fingerprint density at radius 2 is 1.92 bits per heavy atom. The number of hydrogen-bond donors (Lipinski definition) is 1. The third-order valence-corrected chi connectivity index (χ3v) is 5.09. The minimum absolute atomic E-state index is 0.244. The summed E-state index contributed by atoms with van der Waals surface area (Å²) < 4.78 is 5.44. The monoisotopic (exact) mass is 334 g/mol. The molecule has 2 atom stereocenters. The van der Waals surface area contributed by atoms with Crippen LogP contribution in [0.4, 0.5) is 5.82 Å². The van der Waals surface area contributed by atoms with E-state index in [1.165, 1.54) is 0 Å². The molecule has 6 nitrogen and oxygen atoms in total. The second-order valence-electron chi connectivity index (χ2n) is 7.44. The highest BCUT2D eigenvalue weighted by Crippen LogP contribution is 2.26. The van der Waals surface area contributed by atoms with Gasteiger partial charge in [-0.1, -0.05) is 13.8 Å². The Labute approximate surface area is 144 Å². The smallest absolute Gasteiger partial charge is 0.151 e. The second-order valence-corrected chi connectivity index (χ2v) is 7.44. The lowest BCUT2D eigenvalue weighted by Crippen LogP contribution is -2.48. The molecule has 2 fully saturated rings. The van der Waals surface area contributed by atoms with Gasteiger partial charge in [0.05, 0.1) is 18.9 Å². The highest BCUT2D eigenvalue weighted by atomic mass is 16.5. The first-order valence-corrected chi connectivity index (χ1v) is 9.15. The molecule has 3 rings (SSSR count). The largest absolute Gasteiger partial charge is 0.396 e. The van der Waals surface area contributed by atoms with Crippen LogP contribution in [0.5, 0.6) is 0 Å². The molecule has 0 bridgehead atoms. The van der Waals surface area contributed by atoms with Gasteiger partial charge in [-0.15, -0.1) is 5.10 Å². The fourth-order valence-corrected chi connectivity index (χ4v) is 3.73. The van der Waals surface area contributed by atoms with Crippen LogP contribution in [0.15, 0.2) is 12.1 Å². The van der Waals surface area contributed by atoms with Crippen LogP contribution >= 0.6 is 0 Å². The highest BCUT2D eigenvalue weighted by Gasteiger charge is 2.29. The Kier molecular flexibility index (Phi) is 6.03. The van der Waals surface area contributed by atoms with Gasteiger partial charge in [-0.2, -0.15) is 5.10 Å². The molecule has 2 aliphatic rings. The van der Waals surface area contributed by atoms with Crippen LogP contribution in [0.1, 0.15) is 31.9 Å². The summed E-state index contributed by atoms with van der Waals surface area (Å²) >= 11 is 0. The van der Waals surface area contributed by atoms with Gasteiger partial charge in [0.2, 0.25) is 0 Å². The van der Waals surface area contributed by atoms with E-state index in [0.717, 1.165) is 63.9 Å². The number of rotatable bonds is 5. The first-order chi connectivity index (χ1) is 11.7. The zero-order chi connectivity index (χ0) is 16.9. The van der Waals surface area contributed by atoms with Crippen molar-refractivity contribution >= 4 is 5.82 Å². The number of aromatic nitrogens is 2. The van der Waals surface area contributed by atoms with Crippen LogP contribution in [0.3, 0.4) is 0 Å². The molecule has 1 aromatic heterocycles. The molecule has 0 amide bonds. The summed E-state index contributed by atoms with van der Waals surface area (Å²) in [5, 5.41) is 18.5. The van der Waals surface area contributed by atoms with Gasteiger partial charge in [-0.05, 0) is 36.3 Å². The molecule has 2 saturated heterocycles. The molecule has 1 aromatic rings. The quantitative estimate of drug-likeness (QED) is 0.877. The average molecular weight is 334 g/mol. The second kappa shape index (κ2) is 8.23. The Balaban J connectivity index is 1.65. The van der Waals surface area contributed by atoms with Crippen molar-refractivity contribution < 1.29 is 9.84 Å². The Bertz CT molecular complexity index is 502. The number of aliphatic hydroxyl groups excluding tert-OH is 1. The summed E-state index contributed by atoms with van der Waals surface area (Å²) in [5.41, 5.74) is 1.03. The number of hydrogen-bond acceptors (Lipinski definition) is 6. The van der Waals surface area contributed by atoms with E-state index in [-0.39, 0.29) is 6.61 Å². The minimum Gasteiger partial charge on any atom is -0.396 e. The normalized spacial score (nSPS) is 26.1. The van der Waals surface area contributed by atoms with Crippen molar-refractivity contribution in [3.8, 4) is 0 Å². The maximum atomic E-state index is 9.70. The predicted octanol–water partition coefficient (Wildman–Crippen LogP) is 1.37. The predicted molar refractivity (Wildman–Crippen MR) is 94.3 cm³/mol. The van der Waals surface area contributed by atoms with E-state index in [0.29, 0.717) is 17.8 Å². The standard InChI is InChI=1S/C18H30N4O2/c1-14(2)17-3-4-18(20-19-17)22-11-15(9-16(12-22)13-23)10-21-5-7-24-8-6-21/h3-4,14-16,23H,5-13H2,1-2H3/t15-,16+/m1/s1. The third-order valence-electron chi connectivity index (χ3n) is 5.09. The molecule has 24 heavy (non-hydrogen) atoms. The summed E-state index contributed by atoms with van der Waals surface area (Å²) in [4.78, 5) is 4.78. The molecule has 2 aliphatic heterocycles. The molecule has 0 aliphatic carbocycles. The van der Waals surface area contributed by atoms with Crippen molar-refractivity contribution in [1.82, 2.24) is 15.1 Å². The van der Waals surface area contributed by atoms with E-state index in [4.69, 9.17) is 4.74 Å². The van der Waals surface area contributed by atoms with E-state index >= 15 is 0 Å². The van der Waals surface area contributed by atoms with Gasteiger partial charge in [-0.25, -0.2) is 0 Å². The third kappa shape index (κ3) is 4.43. The van der Waals surface area contributed by atoms with Crippen molar-refractivity contribution in [2.45, 2.75) is 26.2 Å². The number of ether oxygens (including phenoxy) is 1. The maximum Gasteiger partial charge on any atom is 0.151 e. The summed E-state index contributed by atoms with van der Waals surface area (Å²) in [6.45, 7) is 11.1. The molecule has 0 spiro atoms. The number of morpholine rings is 1. The van der Waals surface area contributed by atoms with Gasteiger partial charge < -0.3 is 14.7 Å². The fourth-order valence-electron chi connectivity index (χ4n) is 3.73. The Morgan fingerprint density at radius 1 is 1.17 bits per heavy atom. The number of aliphatic hydroxyl groups is 1. The van der Waals surface area contributed by atoms with Crippen molar-refractivity contribution in [2.24, 2.45) is 11.8 Å². The van der Waals surface area contributed by atoms with Crippen LogP contribution in [-0.2, 0) is 4.74 Å². The van der Waals surface area contributed by atoms with Crippen LogP contribution in [0.25, 0.3) is 0 Å².